The van der Waals surface area contributed by atoms with Crippen LogP contribution in [0.4, 0.5) is 10.1 Å². The molecule has 134 valence electrons. The van der Waals surface area contributed by atoms with Gasteiger partial charge in [-0.2, -0.15) is 0 Å². The Bertz CT molecular complexity index is 875. The number of carbonyl (C=O) groups is 1. The molecule has 1 amide bonds. The van der Waals surface area contributed by atoms with Crippen LogP contribution in [0.15, 0.2) is 23.0 Å². The first-order valence-electron chi connectivity index (χ1n) is 8.24. The van der Waals surface area contributed by atoms with Crippen molar-refractivity contribution in [3.63, 3.8) is 0 Å². The Hall–Kier alpha value is -2.14. The van der Waals surface area contributed by atoms with Crippen LogP contribution in [0.2, 0.25) is 5.02 Å². The minimum Gasteiger partial charge on any atom is -0.317 e. The predicted octanol–water partition coefficient (Wildman–Crippen LogP) is 4.62. The average molecular weight is 365 g/mol. The van der Waals surface area contributed by atoms with E-state index in [4.69, 9.17) is 11.6 Å². The van der Waals surface area contributed by atoms with Crippen molar-refractivity contribution >= 4 is 23.2 Å². The number of pyridine rings is 1. The summed E-state index contributed by atoms with van der Waals surface area (Å²) in [5, 5.41) is 2.57. The first kappa shape index (κ1) is 19.2. The van der Waals surface area contributed by atoms with Gasteiger partial charge in [-0.25, -0.2) is 4.39 Å². The van der Waals surface area contributed by atoms with Gasteiger partial charge < -0.3 is 9.88 Å². The maximum atomic E-state index is 14.0. The summed E-state index contributed by atoms with van der Waals surface area (Å²) in [5.74, 6) is -1.45. The van der Waals surface area contributed by atoms with Crippen molar-refractivity contribution in [3.8, 4) is 0 Å². The highest BCUT2D eigenvalue weighted by molar-refractivity contribution is 6.35. The van der Waals surface area contributed by atoms with Crippen LogP contribution < -0.4 is 10.9 Å². The molecule has 6 heteroatoms. The third kappa shape index (κ3) is 3.93. The maximum Gasteiger partial charge on any atom is 0.274 e. The SMILES string of the molecule is CCCCn1c(C)c(C)cc(NC(=O)c2c(F)ccc(C)c2Cl)c1=O. The first-order valence-corrected chi connectivity index (χ1v) is 8.62. The number of carbonyl (C=O) groups excluding carboxylic acids is 1. The zero-order chi connectivity index (χ0) is 18.7. The van der Waals surface area contributed by atoms with E-state index in [0.29, 0.717) is 12.1 Å². The van der Waals surface area contributed by atoms with Crippen LogP contribution in [0.1, 0.15) is 46.9 Å². The number of hydrogen-bond donors (Lipinski definition) is 1. The predicted molar refractivity (Wildman–Crippen MR) is 99.2 cm³/mol. The number of hydrogen-bond acceptors (Lipinski definition) is 2. The Balaban J connectivity index is 2.44. The summed E-state index contributed by atoms with van der Waals surface area (Å²) in [6, 6.07) is 4.30. The van der Waals surface area contributed by atoms with E-state index >= 15 is 0 Å². The minimum absolute atomic E-state index is 0.0487. The fourth-order valence-electron chi connectivity index (χ4n) is 2.62. The van der Waals surface area contributed by atoms with Crippen molar-refractivity contribution in [2.24, 2.45) is 0 Å². The van der Waals surface area contributed by atoms with Gasteiger partial charge in [0, 0.05) is 12.2 Å². The van der Waals surface area contributed by atoms with Crippen LogP contribution in [0.3, 0.4) is 0 Å². The number of anilines is 1. The van der Waals surface area contributed by atoms with Crippen LogP contribution in [0, 0.1) is 26.6 Å². The number of benzene rings is 1. The Kier molecular flexibility index (Phi) is 6.01. The van der Waals surface area contributed by atoms with Crippen molar-refractivity contribution in [1.82, 2.24) is 4.57 Å². The molecule has 1 aromatic heterocycles. The van der Waals surface area contributed by atoms with E-state index in [1.165, 1.54) is 12.1 Å². The molecule has 4 nitrogen and oxygen atoms in total. The van der Waals surface area contributed by atoms with Crippen LogP contribution in [-0.2, 0) is 6.54 Å². The van der Waals surface area contributed by atoms with Crippen LogP contribution in [0.25, 0.3) is 0 Å². The molecule has 0 spiro atoms. The second-order valence-corrected chi connectivity index (χ2v) is 6.52. The molecule has 0 fully saturated rings. The molecule has 0 saturated carbocycles. The van der Waals surface area contributed by atoms with Gasteiger partial charge in [-0.1, -0.05) is 31.0 Å². The fourth-order valence-corrected chi connectivity index (χ4v) is 2.86. The first-order chi connectivity index (χ1) is 11.8. The molecular formula is C19H22ClFN2O2. The van der Waals surface area contributed by atoms with Crippen molar-refractivity contribution < 1.29 is 9.18 Å². The third-order valence-electron chi connectivity index (χ3n) is 4.31. The highest BCUT2D eigenvalue weighted by atomic mass is 35.5. The van der Waals surface area contributed by atoms with Gasteiger partial charge in [-0.3, -0.25) is 9.59 Å². The number of nitrogens with zero attached hydrogens (tertiary/aromatic N) is 1. The quantitative estimate of drug-likeness (QED) is 0.841. The standard InChI is InChI=1S/C19H22ClFN2O2/c1-5-6-9-23-13(4)12(3)10-15(19(23)25)22-18(24)16-14(21)8-7-11(2)17(16)20/h7-8,10H,5-6,9H2,1-4H3,(H,22,24). The fraction of sp³-hybridized carbons (Fsp3) is 0.368. The number of halogens is 2. The number of aromatic nitrogens is 1. The highest BCUT2D eigenvalue weighted by Crippen LogP contribution is 2.24. The maximum absolute atomic E-state index is 14.0. The van der Waals surface area contributed by atoms with E-state index in [1.807, 2.05) is 20.8 Å². The Labute approximate surface area is 151 Å². The Morgan fingerprint density at radius 3 is 2.56 bits per heavy atom. The molecule has 1 heterocycles. The second-order valence-electron chi connectivity index (χ2n) is 6.14. The summed E-state index contributed by atoms with van der Waals surface area (Å²) in [6.45, 7) is 8.04. The molecule has 0 bridgehead atoms. The van der Waals surface area contributed by atoms with E-state index in [2.05, 4.69) is 5.32 Å². The summed E-state index contributed by atoms with van der Waals surface area (Å²) in [7, 11) is 0. The third-order valence-corrected chi connectivity index (χ3v) is 4.79. The zero-order valence-electron chi connectivity index (χ0n) is 14.9. The van der Waals surface area contributed by atoms with Gasteiger partial charge in [0.05, 0.1) is 10.6 Å². The average Bonchev–Trinajstić information content (AvgIpc) is 2.56. The topological polar surface area (TPSA) is 51.1 Å². The molecule has 0 atom stereocenters. The van der Waals surface area contributed by atoms with E-state index in [9.17, 15) is 14.0 Å². The van der Waals surface area contributed by atoms with Crippen molar-refractivity contribution in [2.45, 2.75) is 47.1 Å². The summed E-state index contributed by atoms with van der Waals surface area (Å²) < 4.78 is 15.7. The molecule has 1 aromatic carbocycles. The lowest BCUT2D eigenvalue weighted by Gasteiger charge is -2.15. The Morgan fingerprint density at radius 1 is 1.24 bits per heavy atom. The van der Waals surface area contributed by atoms with E-state index in [-0.39, 0.29) is 21.8 Å². The van der Waals surface area contributed by atoms with Gasteiger partial charge in [-0.05, 0) is 50.5 Å². The monoisotopic (exact) mass is 364 g/mol. The molecule has 2 rings (SSSR count). The summed E-state index contributed by atoms with van der Waals surface area (Å²) in [5.41, 5.74) is 1.90. The molecule has 1 N–H and O–H groups in total. The number of aryl methyl sites for hydroxylation is 2. The van der Waals surface area contributed by atoms with Crippen molar-refractivity contribution in [1.29, 1.82) is 0 Å². The number of nitrogens with one attached hydrogen (secondary N) is 1. The smallest absolute Gasteiger partial charge is 0.274 e. The summed E-state index contributed by atoms with van der Waals surface area (Å²) in [4.78, 5) is 25.2. The minimum atomic E-state index is -0.728. The van der Waals surface area contributed by atoms with Gasteiger partial charge in [0.2, 0.25) is 0 Å². The number of amides is 1. The molecule has 25 heavy (non-hydrogen) atoms. The highest BCUT2D eigenvalue weighted by Gasteiger charge is 2.20. The molecule has 0 saturated heterocycles. The van der Waals surface area contributed by atoms with Gasteiger partial charge >= 0.3 is 0 Å². The molecule has 0 unspecified atom stereocenters. The van der Waals surface area contributed by atoms with Crippen LogP contribution in [0.5, 0.6) is 0 Å². The summed E-state index contributed by atoms with van der Waals surface area (Å²) in [6.07, 6.45) is 1.81. The van der Waals surface area contributed by atoms with Crippen LogP contribution >= 0.6 is 11.6 Å². The lowest BCUT2D eigenvalue weighted by atomic mass is 10.1. The van der Waals surface area contributed by atoms with E-state index < -0.39 is 11.7 Å². The zero-order valence-corrected chi connectivity index (χ0v) is 15.6. The van der Waals surface area contributed by atoms with E-state index in [1.54, 1.807) is 17.6 Å². The molecule has 2 aromatic rings. The molecule has 0 radical (unpaired) electrons. The number of rotatable bonds is 5. The number of unbranched alkanes of at least 4 members (excludes halogenated alkanes) is 1. The molecule has 0 aliphatic carbocycles. The molecular weight excluding hydrogens is 343 g/mol. The van der Waals surface area contributed by atoms with Gasteiger partial charge in [0.1, 0.15) is 11.5 Å². The normalized spacial score (nSPS) is 10.8. The van der Waals surface area contributed by atoms with Gasteiger partial charge in [0.25, 0.3) is 11.5 Å². The molecule has 0 aliphatic heterocycles. The summed E-state index contributed by atoms with van der Waals surface area (Å²) >= 11 is 6.07. The molecule has 0 aliphatic rings. The Morgan fingerprint density at radius 2 is 1.92 bits per heavy atom. The lowest BCUT2D eigenvalue weighted by Crippen LogP contribution is -2.28. The van der Waals surface area contributed by atoms with Crippen molar-refractivity contribution in [2.75, 3.05) is 5.32 Å². The van der Waals surface area contributed by atoms with Crippen LogP contribution in [-0.4, -0.2) is 10.5 Å². The lowest BCUT2D eigenvalue weighted by molar-refractivity contribution is 0.102. The van der Waals surface area contributed by atoms with Gasteiger partial charge in [-0.15, -0.1) is 0 Å². The second kappa shape index (κ2) is 7.83. The van der Waals surface area contributed by atoms with Crippen molar-refractivity contribution in [3.05, 3.63) is 61.8 Å². The van der Waals surface area contributed by atoms with Gasteiger partial charge in [0.15, 0.2) is 0 Å². The largest absolute Gasteiger partial charge is 0.317 e. The van der Waals surface area contributed by atoms with E-state index in [0.717, 1.165) is 24.1 Å².